The molecule has 3 aromatic rings. The standard InChI is InChI=1S/C22H22N2O6/c1-24(17-12-21(27)30-19-6-4-3-5-14(17)19)13-7-9-18(29-2)15(11-13)22(28)16(23)8-10-20(25)26/h3-7,9,11-12,16H,8,10,23H2,1-2H3,(H,25,26)/t16-/m0/s1. The molecule has 3 N–H and O–H groups in total. The predicted octanol–water partition coefficient (Wildman–Crippen LogP) is 2.94. The molecule has 3 rings (SSSR count). The number of Topliss-reactive ketones (excluding diaryl/α,β-unsaturated/α-hetero) is 1. The minimum atomic E-state index is -1.02. The molecule has 1 atom stereocenters. The van der Waals surface area contributed by atoms with Gasteiger partial charge in [0.05, 0.1) is 24.4 Å². The normalized spacial score (nSPS) is 11.8. The number of ether oxygens (including phenoxy) is 1. The van der Waals surface area contributed by atoms with Crippen LogP contribution in [0.1, 0.15) is 23.2 Å². The topological polar surface area (TPSA) is 123 Å². The van der Waals surface area contributed by atoms with Crippen LogP contribution in [-0.2, 0) is 4.79 Å². The van der Waals surface area contributed by atoms with E-state index in [0.29, 0.717) is 22.7 Å². The molecular formula is C22H22N2O6. The number of nitrogens with zero attached hydrogens (tertiary/aromatic N) is 1. The Morgan fingerprint density at radius 2 is 1.93 bits per heavy atom. The number of ketones is 1. The second kappa shape index (κ2) is 8.79. The summed E-state index contributed by atoms with van der Waals surface area (Å²) in [6, 6.07) is 12.6. The van der Waals surface area contributed by atoms with E-state index in [0.717, 1.165) is 5.39 Å². The molecule has 0 aliphatic rings. The fourth-order valence-corrected chi connectivity index (χ4v) is 3.22. The molecule has 1 heterocycles. The Balaban J connectivity index is 2.02. The Labute approximate surface area is 172 Å². The lowest BCUT2D eigenvalue weighted by molar-refractivity contribution is -0.137. The van der Waals surface area contributed by atoms with Crippen molar-refractivity contribution in [2.45, 2.75) is 18.9 Å². The van der Waals surface area contributed by atoms with Crippen LogP contribution in [0.25, 0.3) is 11.0 Å². The summed E-state index contributed by atoms with van der Waals surface area (Å²) < 4.78 is 10.5. The summed E-state index contributed by atoms with van der Waals surface area (Å²) >= 11 is 0. The van der Waals surface area contributed by atoms with E-state index >= 15 is 0 Å². The second-order valence-corrected chi connectivity index (χ2v) is 6.79. The van der Waals surface area contributed by atoms with E-state index in [9.17, 15) is 14.4 Å². The molecule has 0 saturated carbocycles. The highest BCUT2D eigenvalue weighted by Crippen LogP contribution is 2.33. The van der Waals surface area contributed by atoms with Gasteiger partial charge < -0.3 is 24.9 Å². The zero-order chi connectivity index (χ0) is 21.8. The van der Waals surface area contributed by atoms with Crippen molar-refractivity contribution in [2.24, 2.45) is 5.73 Å². The Hall–Kier alpha value is -3.65. The number of rotatable bonds is 8. The summed E-state index contributed by atoms with van der Waals surface area (Å²) in [5, 5.41) is 9.57. The summed E-state index contributed by atoms with van der Waals surface area (Å²) in [5.41, 5.74) is 7.36. The SMILES string of the molecule is COc1ccc(N(C)c2cc(=O)oc3ccccc23)cc1C(=O)[C@@H](N)CCC(=O)O. The van der Waals surface area contributed by atoms with Crippen molar-refractivity contribution in [2.75, 3.05) is 19.1 Å². The highest BCUT2D eigenvalue weighted by atomic mass is 16.5. The molecular weight excluding hydrogens is 388 g/mol. The molecule has 0 amide bonds. The minimum Gasteiger partial charge on any atom is -0.496 e. The van der Waals surface area contributed by atoms with E-state index in [1.807, 2.05) is 12.1 Å². The van der Waals surface area contributed by atoms with E-state index in [2.05, 4.69) is 0 Å². The Bertz CT molecular complexity index is 1150. The predicted molar refractivity (Wildman–Crippen MR) is 113 cm³/mol. The van der Waals surface area contributed by atoms with Crippen LogP contribution in [0.5, 0.6) is 5.75 Å². The van der Waals surface area contributed by atoms with Crippen molar-refractivity contribution in [3.63, 3.8) is 0 Å². The zero-order valence-electron chi connectivity index (χ0n) is 16.6. The Morgan fingerprint density at radius 1 is 1.20 bits per heavy atom. The van der Waals surface area contributed by atoms with E-state index in [-0.39, 0.29) is 18.4 Å². The van der Waals surface area contributed by atoms with Crippen LogP contribution < -0.4 is 21.0 Å². The van der Waals surface area contributed by atoms with E-state index in [1.54, 1.807) is 42.3 Å². The molecule has 0 fully saturated rings. The van der Waals surface area contributed by atoms with Gasteiger partial charge in [-0.3, -0.25) is 9.59 Å². The number of methoxy groups -OCH3 is 1. The van der Waals surface area contributed by atoms with Crippen molar-refractivity contribution in [3.8, 4) is 5.75 Å². The number of aliphatic carboxylic acids is 1. The maximum atomic E-state index is 12.8. The molecule has 2 aromatic carbocycles. The zero-order valence-corrected chi connectivity index (χ0v) is 16.6. The van der Waals surface area contributed by atoms with Crippen LogP contribution in [-0.4, -0.2) is 37.1 Å². The first-order valence-electron chi connectivity index (χ1n) is 9.28. The van der Waals surface area contributed by atoms with Crippen LogP contribution in [0.2, 0.25) is 0 Å². The molecule has 156 valence electrons. The van der Waals surface area contributed by atoms with Crippen molar-refractivity contribution >= 4 is 34.1 Å². The lowest BCUT2D eigenvalue weighted by atomic mass is 9.99. The summed E-state index contributed by atoms with van der Waals surface area (Å²) in [6.07, 6.45) is -0.192. The third-order valence-corrected chi connectivity index (χ3v) is 4.83. The van der Waals surface area contributed by atoms with Gasteiger partial charge in [0.1, 0.15) is 11.3 Å². The summed E-state index contributed by atoms with van der Waals surface area (Å²) in [7, 11) is 3.20. The summed E-state index contributed by atoms with van der Waals surface area (Å²) in [4.78, 5) is 37.4. The van der Waals surface area contributed by atoms with Gasteiger partial charge in [-0.05, 0) is 36.8 Å². The number of hydrogen-bond donors (Lipinski definition) is 2. The van der Waals surface area contributed by atoms with Crippen LogP contribution in [0.3, 0.4) is 0 Å². The van der Waals surface area contributed by atoms with Crippen LogP contribution in [0.15, 0.2) is 57.7 Å². The van der Waals surface area contributed by atoms with Gasteiger partial charge in [0.15, 0.2) is 5.78 Å². The van der Waals surface area contributed by atoms with Gasteiger partial charge >= 0.3 is 11.6 Å². The Morgan fingerprint density at radius 3 is 2.63 bits per heavy atom. The van der Waals surface area contributed by atoms with Gasteiger partial charge in [-0.2, -0.15) is 0 Å². The smallest absolute Gasteiger partial charge is 0.338 e. The highest BCUT2D eigenvalue weighted by molar-refractivity contribution is 6.03. The van der Waals surface area contributed by atoms with Crippen LogP contribution >= 0.6 is 0 Å². The largest absolute Gasteiger partial charge is 0.496 e. The molecule has 0 spiro atoms. The lowest BCUT2D eigenvalue weighted by Crippen LogP contribution is -2.31. The minimum absolute atomic E-state index is 0.0156. The second-order valence-electron chi connectivity index (χ2n) is 6.79. The van der Waals surface area contributed by atoms with Gasteiger partial charge in [0.25, 0.3) is 0 Å². The lowest BCUT2D eigenvalue weighted by Gasteiger charge is -2.22. The quantitative estimate of drug-likeness (QED) is 0.429. The molecule has 8 nitrogen and oxygen atoms in total. The number of benzene rings is 2. The molecule has 0 aliphatic carbocycles. The van der Waals surface area contributed by atoms with Crippen molar-refractivity contribution < 1.29 is 23.8 Å². The summed E-state index contributed by atoms with van der Waals surface area (Å²) in [6.45, 7) is 0. The van der Waals surface area contributed by atoms with E-state index in [4.69, 9.17) is 20.0 Å². The number of fused-ring (bicyclic) bond motifs is 1. The fourth-order valence-electron chi connectivity index (χ4n) is 3.22. The monoisotopic (exact) mass is 410 g/mol. The third kappa shape index (κ3) is 4.33. The summed E-state index contributed by atoms with van der Waals surface area (Å²) in [5.74, 6) is -1.10. The van der Waals surface area contributed by atoms with Gasteiger partial charge in [-0.15, -0.1) is 0 Å². The molecule has 8 heteroatoms. The van der Waals surface area contributed by atoms with Crippen molar-refractivity contribution in [1.29, 1.82) is 0 Å². The van der Waals surface area contributed by atoms with Crippen molar-refractivity contribution in [1.82, 2.24) is 0 Å². The van der Waals surface area contributed by atoms with Crippen LogP contribution in [0.4, 0.5) is 11.4 Å². The Kier molecular flexibility index (Phi) is 6.17. The molecule has 0 aliphatic heterocycles. The first-order chi connectivity index (χ1) is 14.3. The first-order valence-corrected chi connectivity index (χ1v) is 9.28. The van der Waals surface area contributed by atoms with E-state index in [1.165, 1.54) is 13.2 Å². The number of carbonyl (C=O) groups excluding carboxylic acids is 1. The molecule has 0 unspecified atom stereocenters. The number of para-hydroxylation sites is 1. The number of hydrogen-bond acceptors (Lipinski definition) is 7. The average Bonchev–Trinajstić information content (AvgIpc) is 2.75. The number of carboxylic acid groups (broad SMARTS) is 1. The number of anilines is 2. The molecule has 1 aromatic heterocycles. The van der Waals surface area contributed by atoms with Crippen molar-refractivity contribution in [3.05, 3.63) is 64.5 Å². The van der Waals surface area contributed by atoms with E-state index < -0.39 is 23.4 Å². The highest BCUT2D eigenvalue weighted by Gasteiger charge is 2.22. The maximum absolute atomic E-state index is 12.8. The number of carboxylic acids is 1. The maximum Gasteiger partial charge on any atom is 0.338 e. The van der Waals surface area contributed by atoms with Gasteiger partial charge in [0.2, 0.25) is 0 Å². The first kappa shape index (κ1) is 21.1. The molecule has 0 radical (unpaired) electrons. The van der Waals surface area contributed by atoms with Gasteiger partial charge in [0, 0.05) is 30.6 Å². The van der Waals surface area contributed by atoms with Gasteiger partial charge in [-0.1, -0.05) is 12.1 Å². The average molecular weight is 410 g/mol. The van der Waals surface area contributed by atoms with Gasteiger partial charge in [-0.25, -0.2) is 4.79 Å². The molecule has 30 heavy (non-hydrogen) atoms. The number of carbonyl (C=O) groups is 2. The van der Waals surface area contributed by atoms with Crippen LogP contribution in [0, 0.1) is 0 Å². The fraction of sp³-hybridized carbons (Fsp3) is 0.227. The molecule has 0 bridgehead atoms. The third-order valence-electron chi connectivity index (χ3n) is 4.83. The molecule has 0 saturated heterocycles. The number of nitrogens with two attached hydrogens (primary N) is 1.